The highest BCUT2D eigenvalue weighted by atomic mass is 32.2. The molecule has 0 aromatic heterocycles. The Hall–Kier alpha value is -1.44. The first kappa shape index (κ1) is 15.5. The van der Waals surface area contributed by atoms with Gasteiger partial charge in [0.15, 0.2) is 0 Å². The first-order chi connectivity index (χ1) is 10.5. The summed E-state index contributed by atoms with van der Waals surface area (Å²) in [7, 11) is -2.10. The van der Waals surface area contributed by atoms with Gasteiger partial charge >= 0.3 is 5.97 Å². The third kappa shape index (κ3) is 2.76. The number of carbonyl (C=O) groups is 1. The topological polar surface area (TPSA) is 75.7 Å². The van der Waals surface area contributed by atoms with E-state index in [-0.39, 0.29) is 6.42 Å². The van der Waals surface area contributed by atoms with Gasteiger partial charge in [-0.1, -0.05) is 24.3 Å². The van der Waals surface area contributed by atoms with Crippen molar-refractivity contribution in [3.05, 3.63) is 35.4 Å². The zero-order valence-electron chi connectivity index (χ0n) is 12.5. The van der Waals surface area contributed by atoms with Crippen molar-refractivity contribution in [2.75, 3.05) is 20.2 Å². The average molecular weight is 324 g/mol. The highest BCUT2D eigenvalue weighted by Crippen LogP contribution is 2.26. The lowest BCUT2D eigenvalue weighted by Crippen LogP contribution is -2.42. The second-order valence-electron chi connectivity index (χ2n) is 5.74. The van der Waals surface area contributed by atoms with Gasteiger partial charge in [0, 0.05) is 19.6 Å². The van der Waals surface area contributed by atoms with Crippen molar-refractivity contribution in [1.82, 2.24) is 9.62 Å². The summed E-state index contributed by atoms with van der Waals surface area (Å²) in [6.45, 7) is 1.21. The fourth-order valence-corrected chi connectivity index (χ4v) is 4.98. The number of sulfonamides is 1. The SMILES string of the molecule is COC(=O)C1CC(S(=O)(=O)N2CCc3ccccc3C2)CN1. The Morgan fingerprint density at radius 2 is 2.05 bits per heavy atom. The summed E-state index contributed by atoms with van der Waals surface area (Å²) < 4.78 is 31.8. The standard InChI is InChI=1S/C15H20N2O4S/c1-21-15(18)14-8-13(9-16-14)22(19,20)17-7-6-11-4-2-3-5-12(11)10-17/h2-5,13-14,16H,6-10H2,1H3. The summed E-state index contributed by atoms with van der Waals surface area (Å²) in [5.41, 5.74) is 2.28. The number of carbonyl (C=O) groups excluding carboxylic acids is 1. The number of esters is 1. The summed E-state index contributed by atoms with van der Waals surface area (Å²) in [5, 5.41) is 2.37. The molecule has 1 aromatic rings. The Morgan fingerprint density at radius 3 is 2.77 bits per heavy atom. The maximum atomic E-state index is 12.8. The van der Waals surface area contributed by atoms with Crippen molar-refractivity contribution in [3.8, 4) is 0 Å². The predicted octanol–water partition coefficient (Wildman–Crippen LogP) is 0.278. The van der Waals surface area contributed by atoms with Crippen LogP contribution in [0.25, 0.3) is 0 Å². The molecule has 0 saturated carbocycles. The number of hydrogen-bond acceptors (Lipinski definition) is 5. The zero-order valence-corrected chi connectivity index (χ0v) is 13.3. The van der Waals surface area contributed by atoms with E-state index in [4.69, 9.17) is 0 Å². The Bertz CT molecular complexity index is 674. The molecule has 0 amide bonds. The van der Waals surface area contributed by atoms with Crippen molar-refractivity contribution >= 4 is 16.0 Å². The van der Waals surface area contributed by atoms with E-state index in [1.165, 1.54) is 12.7 Å². The number of hydrogen-bond donors (Lipinski definition) is 1. The molecule has 3 rings (SSSR count). The van der Waals surface area contributed by atoms with Crippen molar-refractivity contribution in [2.45, 2.75) is 30.7 Å². The van der Waals surface area contributed by atoms with Crippen molar-refractivity contribution in [1.29, 1.82) is 0 Å². The highest BCUT2D eigenvalue weighted by molar-refractivity contribution is 7.89. The third-order valence-corrected chi connectivity index (χ3v) is 6.69. The molecule has 0 bridgehead atoms. The Morgan fingerprint density at radius 1 is 1.32 bits per heavy atom. The summed E-state index contributed by atoms with van der Waals surface area (Å²) >= 11 is 0. The lowest BCUT2D eigenvalue weighted by molar-refractivity contribution is -0.142. The van der Waals surface area contributed by atoms with E-state index < -0.39 is 27.3 Å². The molecule has 6 nitrogen and oxygen atoms in total. The van der Waals surface area contributed by atoms with E-state index in [1.807, 2.05) is 24.3 Å². The first-order valence-corrected chi connectivity index (χ1v) is 8.89. The van der Waals surface area contributed by atoms with E-state index >= 15 is 0 Å². The van der Waals surface area contributed by atoms with Gasteiger partial charge < -0.3 is 10.1 Å². The zero-order chi connectivity index (χ0) is 15.7. The molecule has 1 saturated heterocycles. The number of benzene rings is 1. The minimum atomic E-state index is -3.42. The smallest absolute Gasteiger partial charge is 0.322 e. The maximum absolute atomic E-state index is 12.8. The molecule has 2 atom stereocenters. The summed E-state index contributed by atoms with van der Waals surface area (Å²) in [4.78, 5) is 11.5. The molecule has 22 heavy (non-hydrogen) atoms. The summed E-state index contributed by atoms with van der Waals surface area (Å²) in [6.07, 6.45) is 1.00. The molecular weight excluding hydrogens is 304 g/mol. The average Bonchev–Trinajstić information content (AvgIpc) is 3.04. The fourth-order valence-electron chi connectivity index (χ4n) is 3.15. The molecule has 120 valence electrons. The second-order valence-corrected chi connectivity index (χ2v) is 7.95. The van der Waals surface area contributed by atoms with Gasteiger partial charge in [-0.2, -0.15) is 4.31 Å². The predicted molar refractivity (Wildman–Crippen MR) is 81.7 cm³/mol. The quantitative estimate of drug-likeness (QED) is 0.808. The second kappa shape index (κ2) is 5.98. The van der Waals surface area contributed by atoms with Gasteiger partial charge in [0.2, 0.25) is 10.0 Å². The molecule has 1 N–H and O–H groups in total. The molecule has 0 spiro atoms. The number of methoxy groups -OCH3 is 1. The molecule has 2 aliphatic heterocycles. The van der Waals surface area contributed by atoms with E-state index in [2.05, 4.69) is 10.1 Å². The number of nitrogens with zero attached hydrogens (tertiary/aromatic N) is 1. The first-order valence-electron chi connectivity index (χ1n) is 7.39. The minimum absolute atomic E-state index is 0.271. The van der Waals surface area contributed by atoms with Crippen LogP contribution in [0.1, 0.15) is 17.5 Å². The van der Waals surface area contributed by atoms with Crippen molar-refractivity contribution in [3.63, 3.8) is 0 Å². The van der Waals surface area contributed by atoms with E-state index in [0.29, 0.717) is 19.6 Å². The molecule has 0 radical (unpaired) electrons. The molecule has 1 fully saturated rings. The summed E-state index contributed by atoms with van der Waals surface area (Å²) in [6, 6.07) is 7.40. The lowest BCUT2D eigenvalue weighted by atomic mass is 10.0. The van der Waals surface area contributed by atoms with Crippen LogP contribution in [0.4, 0.5) is 0 Å². The minimum Gasteiger partial charge on any atom is -0.468 e. The lowest BCUT2D eigenvalue weighted by Gasteiger charge is -2.30. The van der Waals surface area contributed by atoms with Crippen molar-refractivity contribution in [2.24, 2.45) is 0 Å². The summed E-state index contributed by atoms with van der Waals surface area (Å²) in [5.74, 6) is -0.401. The van der Waals surface area contributed by atoms with Crippen LogP contribution in [0.3, 0.4) is 0 Å². The largest absolute Gasteiger partial charge is 0.468 e. The maximum Gasteiger partial charge on any atom is 0.322 e. The van der Waals surface area contributed by atoms with Crippen molar-refractivity contribution < 1.29 is 17.9 Å². The van der Waals surface area contributed by atoms with Crippen LogP contribution in [-0.2, 0) is 32.5 Å². The van der Waals surface area contributed by atoms with Crippen LogP contribution in [-0.4, -0.2) is 50.2 Å². The Balaban J connectivity index is 1.74. The normalized spacial score (nSPS) is 25.7. The van der Waals surface area contributed by atoms with Gasteiger partial charge in [0.25, 0.3) is 0 Å². The number of fused-ring (bicyclic) bond motifs is 1. The molecule has 2 unspecified atom stereocenters. The number of ether oxygens (including phenoxy) is 1. The van der Waals surface area contributed by atoms with Gasteiger partial charge in [-0.15, -0.1) is 0 Å². The van der Waals surface area contributed by atoms with Gasteiger partial charge in [-0.05, 0) is 24.0 Å². The van der Waals surface area contributed by atoms with Gasteiger partial charge in [0.1, 0.15) is 6.04 Å². The van der Waals surface area contributed by atoms with E-state index in [1.54, 1.807) is 4.31 Å². The van der Waals surface area contributed by atoms with E-state index in [0.717, 1.165) is 12.0 Å². The van der Waals surface area contributed by atoms with Gasteiger partial charge in [-0.25, -0.2) is 8.42 Å². The van der Waals surface area contributed by atoms with Crippen LogP contribution in [0.2, 0.25) is 0 Å². The monoisotopic (exact) mass is 324 g/mol. The molecule has 0 aliphatic carbocycles. The number of nitrogens with one attached hydrogen (secondary N) is 1. The van der Waals surface area contributed by atoms with Crippen LogP contribution in [0.15, 0.2) is 24.3 Å². The number of rotatable bonds is 3. The molecular formula is C15H20N2O4S. The molecule has 2 heterocycles. The Kier molecular flexibility index (Phi) is 4.20. The fraction of sp³-hybridized carbons (Fsp3) is 0.533. The van der Waals surface area contributed by atoms with E-state index in [9.17, 15) is 13.2 Å². The van der Waals surface area contributed by atoms with Crippen LogP contribution < -0.4 is 5.32 Å². The van der Waals surface area contributed by atoms with Crippen LogP contribution >= 0.6 is 0 Å². The Labute approximate surface area is 130 Å². The van der Waals surface area contributed by atoms with Gasteiger partial charge in [-0.3, -0.25) is 4.79 Å². The highest BCUT2D eigenvalue weighted by Gasteiger charge is 2.41. The van der Waals surface area contributed by atoms with Crippen LogP contribution in [0.5, 0.6) is 0 Å². The third-order valence-electron chi connectivity index (χ3n) is 4.45. The molecule has 1 aromatic carbocycles. The molecule has 7 heteroatoms. The van der Waals surface area contributed by atoms with Crippen LogP contribution in [0, 0.1) is 0 Å². The molecule has 2 aliphatic rings. The van der Waals surface area contributed by atoms with Gasteiger partial charge in [0.05, 0.1) is 12.4 Å².